The Labute approximate surface area is 186 Å². The monoisotopic (exact) mass is 427 g/mol. The Hall–Kier alpha value is -2.37. The number of anilines is 1. The minimum Gasteiger partial charge on any atom is -0.370 e. The molecule has 170 valence electrons. The maximum Gasteiger partial charge on any atom is 0.255 e. The second kappa shape index (κ2) is 9.84. The lowest BCUT2D eigenvalue weighted by atomic mass is 9.71. The molecule has 1 fully saturated rings. The van der Waals surface area contributed by atoms with Crippen LogP contribution in [0.2, 0.25) is 0 Å². The minimum absolute atomic E-state index is 0.106. The van der Waals surface area contributed by atoms with Crippen molar-refractivity contribution in [3.63, 3.8) is 0 Å². The Morgan fingerprint density at radius 3 is 2.58 bits per heavy atom. The van der Waals surface area contributed by atoms with Gasteiger partial charge in [0.1, 0.15) is 6.29 Å². The number of fused-ring (bicyclic) bond motifs is 1. The highest BCUT2D eigenvalue weighted by Gasteiger charge is 2.42. The van der Waals surface area contributed by atoms with Crippen molar-refractivity contribution in [2.24, 2.45) is 11.3 Å². The molecule has 1 unspecified atom stereocenters. The highest BCUT2D eigenvalue weighted by molar-refractivity contribution is 6.00. The molecule has 2 aliphatic rings. The van der Waals surface area contributed by atoms with Crippen molar-refractivity contribution in [2.45, 2.75) is 71.9 Å². The Morgan fingerprint density at radius 2 is 1.97 bits per heavy atom. The summed E-state index contributed by atoms with van der Waals surface area (Å²) in [5.41, 5.74) is 3.15. The van der Waals surface area contributed by atoms with E-state index in [0.29, 0.717) is 23.9 Å². The van der Waals surface area contributed by atoms with E-state index in [1.807, 2.05) is 12.1 Å². The van der Waals surface area contributed by atoms with Crippen molar-refractivity contribution >= 4 is 23.8 Å². The molecule has 6 heteroatoms. The third kappa shape index (κ3) is 5.10. The normalized spacial score (nSPS) is 18.0. The number of benzene rings is 1. The molecule has 2 heterocycles. The van der Waals surface area contributed by atoms with E-state index in [2.05, 4.69) is 37.1 Å². The van der Waals surface area contributed by atoms with Crippen LogP contribution in [0.3, 0.4) is 0 Å². The fraction of sp³-hybridized carbons (Fsp3) is 0.640. The van der Waals surface area contributed by atoms with Gasteiger partial charge in [-0.1, -0.05) is 39.7 Å². The molecule has 6 nitrogen and oxygen atoms in total. The van der Waals surface area contributed by atoms with Gasteiger partial charge < -0.3 is 19.9 Å². The summed E-state index contributed by atoms with van der Waals surface area (Å²) in [4.78, 5) is 40.2. The van der Waals surface area contributed by atoms with Crippen molar-refractivity contribution in [2.75, 3.05) is 25.0 Å². The zero-order chi connectivity index (χ0) is 22.6. The Bertz CT molecular complexity index is 814. The molecule has 0 radical (unpaired) electrons. The van der Waals surface area contributed by atoms with Crippen molar-refractivity contribution in [3.05, 3.63) is 29.3 Å². The summed E-state index contributed by atoms with van der Waals surface area (Å²) in [6.45, 7) is 9.36. The van der Waals surface area contributed by atoms with E-state index < -0.39 is 6.04 Å². The first-order valence-electron chi connectivity index (χ1n) is 11.7. The molecule has 1 saturated heterocycles. The SMILES string of the molecule is CCCC1(CCC(C)C)CN(c2ccc3c(c2)C(=O)N(C(C=O)CCC(=O)NC)C3)C1. The van der Waals surface area contributed by atoms with Crippen molar-refractivity contribution < 1.29 is 14.4 Å². The van der Waals surface area contributed by atoms with E-state index in [1.165, 1.54) is 25.7 Å². The van der Waals surface area contributed by atoms with Crippen LogP contribution in [0.5, 0.6) is 0 Å². The summed E-state index contributed by atoms with van der Waals surface area (Å²) < 4.78 is 0. The van der Waals surface area contributed by atoms with Gasteiger partial charge in [0.05, 0.1) is 6.04 Å². The maximum atomic E-state index is 13.0. The van der Waals surface area contributed by atoms with Crippen LogP contribution >= 0.6 is 0 Å². The zero-order valence-electron chi connectivity index (χ0n) is 19.4. The summed E-state index contributed by atoms with van der Waals surface area (Å²) in [6, 6.07) is 5.56. The number of amides is 2. The van der Waals surface area contributed by atoms with Crippen LogP contribution in [-0.4, -0.2) is 49.2 Å². The van der Waals surface area contributed by atoms with Crippen molar-refractivity contribution in [1.29, 1.82) is 0 Å². The highest BCUT2D eigenvalue weighted by atomic mass is 16.2. The fourth-order valence-corrected chi connectivity index (χ4v) is 4.99. The molecule has 0 bridgehead atoms. The predicted octanol–water partition coefficient (Wildman–Crippen LogP) is 3.78. The fourth-order valence-electron chi connectivity index (χ4n) is 4.99. The first-order valence-corrected chi connectivity index (χ1v) is 11.7. The second-order valence-corrected chi connectivity index (χ2v) is 9.73. The summed E-state index contributed by atoms with van der Waals surface area (Å²) >= 11 is 0. The van der Waals surface area contributed by atoms with Gasteiger partial charge in [-0.05, 0) is 42.9 Å². The Morgan fingerprint density at radius 1 is 1.23 bits per heavy atom. The second-order valence-electron chi connectivity index (χ2n) is 9.73. The number of nitrogens with one attached hydrogen (secondary N) is 1. The van der Waals surface area contributed by atoms with Crippen LogP contribution in [0.4, 0.5) is 5.69 Å². The van der Waals surface area contributed by atoms with Crippen molar-refractivity contribution in [1.82, 2.24) is 10.2 Å². The van der Waals surface area contributed by atoms with Crippen LogP contribution in [0.25, 0.3) is 0 Å². The molecule has 1 aromatic carbocycles. The van der Waals surface area contributed by atoms with Crippen LogP contribution < -0.4 is 10.2 Å². The summed E-state index contributed by atoms with van der Waals surface area (Å²) in [5, 5.41) is 2.56. The van der Waals surface area contributed by atoms with Gasteiger partial charge in [-0.15, -0.1) is 0 Å². The minimum atomic E-state index is -0.571. The summed E-state index contributed by atoms with van der Waals surface area (Å²) in [5.74, 6) is 0.496. The lowest BCUT2D eigenvalue weighted by Gasteiger charge is -2.52. The predicted molar refractivity (Wildman–Crippen MR) is 123 cm³/mol. The highest BCUT2D eigenvalue weighted by Crippen LogP contribution is 2.43. The van der Waals surface area contributed by atoms with Gasteiger partial charge in [-0.25, -0.2) is 0 Å². The van der Waals surface area contributed by atoms with Gasteiger partial charge in [-0.2, -0.15) is 0 Å². The van der Waals surface area contributed by atoms with E-state index in [-0.39, 0.29) is 18.2 Å². The van der Waals surface area contributed by atoms with Crippen LogP contribution in [-0.2, 0) is 16.1 Å². The number of nitrogens with zero attached hydrogens (tertiary/aromatic N) is 2. The van der Waals surface area contributed by atoms with E-state index in [9.17, 15) is 14.4 Å². The van der Waals surface area contributed by atoms with Gasteiger partial charge in [0.15, 0.2) is 0 Å². The van der Waals surface area contributed by atoms with Gasteiger partial charge in [-0.3, -0.25) is 9.59 Å². The zero-order valence-corrected chi connectivity index (χ0v) is 19.4. The Kier molecular flexibility index (Phi) is 7.39. The molecule has 31 heavy (non-hydrogen) atoms. The molecule has 0 saturated carbocycles. The molecular formula is C25H37N3O3. The molecule has 2 amide bonds. The lowest BCUT2D eigenvalue weighted by Crippen LogP contribution is -2.56. The number of rotatable bonds is 11. The van der Waals surface area contributed by atoms with Crippen LogP contribution in [0, 0.1) is 11.3 Å². The van der Waals surface area contributed by atoms with Gasteiger partial charge in [0, 0.05) is 49.8 Å². The van der Waals surface area contributed by atoms with Gasteiger partial charge >= 0.3 is 0 Å². The molecule has 1 atom stereocenters. The largest absolute Gasteiger partial charge is 0.370 e. The third-order valence-corrected chi connectivity index (χ3v) is 6.88. The van der Waals surface area contributed by atoms with Crippen LogP contribution in [0.15, 0.2) is 18.2 Å². The molecule has 1 N–H and O–H groups in total. The van der Waals surface area contributed by atoms with E-state index in [0.717, 1.165) is 36.5 Å². The first kappa shape index (κ1) is 23.3. The first-order chi connectivity index (χ1) is 14.8. The Balaban J connectivity index is 1.67. The van der Waals surface area contributed by atoms with E-state index in [4.69, 9.17) is 0 Å². The summed E-state index contributed by atoms with van der Waals surface area (Å²) in [6.07, 6.45) is 6.34. The number of hydrogen-bond acceptors (Lipinski definition) is 4. The van der Waals surface area contributed by atoms with Gasteiger partial charge in [0.25, 0.3) is 5.91 Å². The molecule has 1 aromatic rings. The number of hydrogen-bond donors (Lipinski definition) is 1. The number of carbonyl (C=O) groups is 3. The lowest BCUT2D eigenvalue weighted by molar-refractivity contribution is -0.121. The maximum absolute atomic E-state index is 13.0. The molecule has 2 aliphatic heterocycles. The van der Waals surface area contributed by atoms with Crippen molar-refractivity contribution in [3.8, 4) is 0 Å². The van der Waals surface area contributed by atoms with E-state index >= 15 is 0 Å². The van der Waals surface area contributed by atoms with Crippen LogP contribution in [0.1, 0.15) is 75.2 Å². The molecule has 0 aliphatic carbocycles. The average molecular weight is 428 g/mol. The molecule has 0 aromatic heterocycles. The smallest absolute Gasteiger partial charge is 0.255 e. The molecule has 0 spiro atoms. The van der Waals surface area contributed by atoms with Gasteiger partial charge in [0.2, 0.25) is 5.91 Å². The number of carbonyl (C=O) groups excluding carboxylic acids is 3. The van der Waals surface area contributed by atoms with E-state index in [1.54, 1.807) is 11.9 Å². The summed E-state index contributed by atoms with van der Waals surface area (Å²) in [7, 11) is 1.57. The average Bonchev–Trinajstić information content (AvgIpc) is 3.05. The number of aldehydes is 1. The molecule has 3 rings (SSSR count). The third-order valence-electron chi connectivity index (χ3n) is 6.88. The quantitative estimate of drug-likeness (QED) is 0.546. The topological polar surface area (TPSA) is 69.7 Å². The molecular weight excluding hydrogens is 390 g/mol. The standard InChI is InChI=1S/C25H37N3O3/c1-5-11-25(12-10-18(2)3)16-27(17-25)20-7-6-19-14-28(24(31)22(19)13-20)21(15-29)8-9-23(30)26-4/h6-7,13,15,18,21H,5,8-12,14,16-17H2,1-4H3,(H,26,30).